The average molecular weight is 354 g/mol. The number of nitrogens with one attached hydrogen (secondary N) is 2. The number of nitrogens with zero attached hydrogens (tertiary/aromatic N) is 1. The third-order valence-electron chi connectivity index (χ3n) is 3.01. The van der Waals surface area contributed by atoms with Gasteiger partial charge in [-0.1, -0.05) is 29.3 Å². The van der Waals surface area contributed by atoms with Crippen LogP contribution in [0.5, 0.6) is 5.75 Å². The molecule has 0 bridgehead atoms. The number of carbonyl (C=O) groups excluding carboxylic acids is 2. The normalized spacial score (nSPS) is 10.2. The lowest BCUT2D eigenvalue weighted by Gasteiger charge is -2.09. The van der Waals surface area contributed by atoms with Crippen molar-refractivity contribution >= 4 is 35.0 Å². The van der Waals surface area contributed by atoms with E-state index in [-0.39, 0.29) is 39.5 Å². The van der Waals surface area contributed by atoms with E-state index >= 15 is 0 Å². The largest absolute Gasteiger partial charge is 0.506 e. The summed E-state index contributed by atoms with van der Waals surface area (Å²) in [5.41, 5.74) is 0.956. The van der Waals surface area contributed by atoms with Crippen LogP contribution >= 0.6 is 23.2 Å². The van der Waals surface area contributed by atoms with Crippen LogP contribution in [0.2, 0.25) is 10.0 Å². The summed E-state index contributed by atoms with van der Waals surface area (Å²) in [4.78, 5) is 27.5. The van der Waals surface area contributed by atoms with Crippen LogP contribution in [-0.2, 0) is 6.54 Å². The van der Waals surface area contributed by atoms with Crippen LogP contribution in [0.15, 0.2) is 30.5 Å². The molecule has 2 rings (SSSR count). The lowest BCUT2D eigenvalue weighted by atomic mass is 10.1. The summed E-state index contributed by atoms with van der Waals surface area (Å²) >= 11 is 11.6. The van der Waals surface area contributed by atoms with Crippen molar-refractivity contribution in [3.63, 3.8) is 0 Å². The number of halogens is 2. The van der Waals surface area contributed by atoms with Gasteiger partial charge >= 0.3 is 0 Å². The Hall–Kier alpha value is -2.31. The van der Waals surface area contributed by atoms with Crippen molar-refractivity contribution in [2.24, 2.45) is 0 Å². The maximum atomic E-state index is 12.1. The highest BCUT2D eigenvalue weighted by Crippen LogP contribution is 2.31. The second-order valence-corrected chi connectivity index (χ2v) is 5.44. The van der Waals surface area contributed by atoms with Gasteiger partial charge in [0.25, 0.3) is 11.8 Å². The van der Waals surface area contributed by atoms with Crippen molar-refractivity contribution in [3.05, 3.63) is 57.3 Å². The van der Waals surface area contributed by atoms with Gasteiger partial charge in [0.05, 0.1) is 10.6 Å². The van der Waals surface area contributed by atoms with Crippen molar-refractivity contribution in [1.82, 2.24) is 15.6 Å². The molecule has 23 heavy (non-hydrogen) atoms. The van der Waals surface area contributed by atoms with E-state index < -0.39 is 5.91 Å². The van der Waals surface area contributed by atoms with Gasteiger partial charge < -0.3 is 15.7 Å². The van der Waals surface area contributed by atoms with E-state index in [4.69, 9.17) is 23.2 Å². The summed E-state index contributed by atoms with van der Waals surface area (Å²) in [6.07, 6.45) is 1.48. The Morgan fingerprint density at radius 2 is 1.96 bits per heavy atom. The van der Waals surface area contributed by atoms with Crippen LogP contribution in [0, 0.1) is 0 Å². The molecular weight excluding hydrogens is 341 g/mol. The molecule has 0 aliphatic heterocycles. The Balaban J connectivity index is 2.06. The van der Waals surface area contributed by atoms with Crippen molar-refractivity contribution in [2.45, 2.75) is 6.54 Å². The van der Waals surface area contributed by atoms with E-state index in [1.807, 2.05) is 0 Å². The molecule has 3 N–H and O–H groups in total. The van der Waals surface area contributed by atoms with Gasteiger partial charge in [0.2, 0.25) is 0 Å². The van der Waals surface area contributed by atoms with Crippen molar-refractivity contribution in [2.75, 3.05) is 7.05 Å². The van der Waals surface area contributed by atoms with Crippen LogP contribution in [0.3, 0.4) is 0 Å². The van der Waals surface area contributed by atoms with Crippen LogP contribution < -0.4 is 10.6 Å². The number of pyridine rings is 1. The van der Waals surface area contributed by atoms with Crippen LogP contribution in [0.4, 0.5) is 0 Å². The third-order valence-corrected chi connectivity index (χ3v) is 3.52. The predicted molar refractivity (Wildman–Crippen MR) is 86.9 cm³/mol. The number of aromatic nitrogens is 1. The first kappa shape index (κ1) is 17.1. The summed E-state index contributed by atoms with van der Waals surface area (Å²) in [5, 5.41) is 15.1. The molecule has 1 heterocycles. The summed E-state index contributed by atoms with van der Waals surface area (Å²) in [6, 6.07) is 5.89. The predicted octanol–water partition coefficient (Wildman–Crippen LogP) is 2.38. The number of phenolic OH excluding ortho intramolecular Hbond substituents is 1. The fourth-order valence-corrected chi connectivity index (χ4v) is 2.30. The molecule has 0 saturated heterocycles. The average Bonchev–Trinajstić information content (AvgIpc) is 2.55. The summed E-state index contributed by atoms with van der Waals surface area (Å²) < 4.78 is 0. The van der Waals surface area contributed by atoms with Gasteiger partial charge in [-0.25, -0.2) is 0 Å². The Morgan fingerprint density at radius 1 is 1.22 bits per heavy atom. The first-order chi connectivity index (χ1) is 10.9. The molecule has 0 spiro atoms. The van der Waals surface area contributed by atoms with E-state index in [9.17, 15) is 14.7 Å². The molecule has 6 nitrogen and oxygen atoms in total. The minimum Gasteiger partial charge on any atom is -0.506 e. The quantitative estimate of drug-likeness (QED) is 0.786. The van der Waals surface area contributed by atoms with Gasteiger partial charge in [-0.3, -0.25) is 14.6 Å². The molecule has 0 saturated carbocycles. The van der Waals surface area contributed by atoms with Gasteiger partial charge in [-0.05, 0) is 23.8 Å². The molecular formula is C15H13Cl2N3O3. The molecule has 120 valence electrons. The first-order valence-corrected chi connectivity index (χ1v) is 7.31. The molecule has 0 aliphatic rings. The maximum Gasteiger partial charge on any atom is 0.269 e. The third kappa shape index (κ3) is 4.12. The molecule has 0 unspecified atom stereocenters. The number of amides is 2. The molecule has 0 fully saturated rings. The van der Waals surface area contributed by atoms with E-state index in [0.29, 0.717) is 5.56 Å². The minimum absolute atomic E-state index is 0.000697. The zero-order valence-electron chi connectivity index (χ0n) is 12.1. The van der Waals surface area contributed by atoms with Crippen LogP contribution in [0.25, 0.3) is 0 Å². The van der Waals surface area contributed by atoms with E-state index in [1.165, 1.54) is 25.4 Å². The number of benzene rings is 1. The molecule has 0 aliphatic carbocycles. The fourth-order valence-electron chi connectivity index (χ4n) is 1.81. The number of hydrogen-bond acceptors (Lipinski definition) is 4. The van der Waals surface area contributed by atoms with E-state index in [2.05, 4.69) is 15.6 Å². The number of hydrogen-bond donors (Lipinski definition) is 3. The van der Waals surface area contributed by atoms with E-state index in [0.717, 1.165) is 0 Å². The summed E-state index contributed by atoms with van der Waals surface area (Å²) in [5.74, 6) is -1.15. The number of rotatable bonds is 4. The Labute approximate surface area is 142 Å². The van der Waals surface area contributed by atoms with Crippen molar-refractivity contribution in [1.29, 1.82) is 0 Å². The SMILES string of the molecule is CNC(=O)c1ccc(CNC(=O)c2cc(Cl)cc(Cl)c2O)cn1. The molecule has 2 aromatic rings. The zero-order valence-corrected chi connectivity index (χ0v) is 13.6. The zero-order chi connectivity index (χ0) is 17.0. The topological polar surface area (TPSA) is 91.3 Å². The maximum absolute atomic E-state index is 12.1. The van der Waals surface area contributed by atoms with Gasteiger partial charge in [0, 0.05) is 24.8 Å². The lowest BCUT2D eigenvalue weighted by molar-refractivity contribution is 0.0942. The second-order valence-electron chi connectivity index (χ2n) is 4.60. The van der Waals surface area contributed by atoms with Crippen molar-refractivity contribution < 1.29 is 14.7 Å². The summed E-state index contributed by atoms with van der Waals surface area (Å²) in [7, 11) is 1.51. The highest BCUT2D eigenvalue weighted by molar-refractivity contribution is 6.36. The molecule has 2 amide bonds. The Kier molecular flexibility index (Phi) is 5.41. The van der Waals surface area contributed by atoms with E-state index in [1.54, 1.807) is 12.1 Å². The van der Waals surface area contributed by atoms with Gasteiger partial charge in [0.1, 0.15) is 11.4 Å². The Bertz CT molecular complexity index is 748. The molecule has 8 heteroatoms. The molecule has 1 aromatic heterocycles. The number of carbonyl (C=O) groups is 2. The smallest absolute Gasteiger partial charge is 0.269 e. The Morgan fingerprint density at radius 3 is 2.57 bits per heavy atom. The molecule has 0 radical (unpaired) electrons. The second kappa shape index (κ2) is 7.30. The number of aromatic hydroxyl groups is 1. The van der Waals surface area contributed by atoms with Crippen LogP contribution in [-0.4, -0.2) is 29.0 Å². The van der Waals surface area contributed by atoms with Crippen molar-refractivity contribution in [3.8, 4) is 5.75 Å². The fraction of sp³-hybridized carbons (Fsp3) is 0.133. The van der Waals surface area contributed by atoms with Crippen LogP contribution in [0.1, 0.15) is 26.4 Å². The monoisotopic (exact) mass is 353 g/mol. The standard InChI is InChI=1S/C15H13Cl2N3O3/c1-18-15(23)12-3-2-8(6-19-12)7-20-14(22)10-4-9(16)5-11(17)13(10)21/h2-6,21H,7H2,1H3,(H,18,23)(H,20,22). The minimum atomic E-state index is -0.526. The first-order valence-electron chi connectivity index (χ1n) is 6.55. The highest BCUT2D eigenvalue weighted by atomic mass is 35.5. The molecule has 0 atom stereocenters. The summed E-state index contributed by atoms with van der Waals surface area (Å²) in [6.45, 7) is 0.170. The van der Waals surface area contributed by atoms with Gasteiger partial charge in [-0.2, -0.15) is 0 Å². The molecule has 1 aromatic carbocycles. The highest BCUT2D eigenvalue weighted by Gasteiger charge is 2.15. The number of phenols is 1. The van der Waals surface area contributed by atoms with Gasteiger partial charge in [0.15, 0.2) is 0 Å². The van der Waals surface area contributed by atoms with Gasteiger partial charge in [-0.15, -0.1) is 0 Å². The lowest BCUT2D eigenvalue weighted by Crippen LogP contribution is -2.23.